The molecule has 8 heteroatoms. The number of hydrogen-bond donors (Lipinski definition) is 2. The van der Waals surface area contributed by atoms with Crippen molar-refractivity contribution >= 4 is 34.5 Å². The van der Waals surface area contributed by atoms with Gasteiger partial charge in [-0.1, -0.05) is 107 Å². The fourth-order valence-corrected chi connectivity index (χ4v) is 5.59. The summed E-state index contributed by atoms with van der Waals surface area (Å²) >= 11 is 1.71. The Bertz CT molecular complexity index is 1230. The van der Waals surface area contributed by atoms with E-state index in [1.807, 2.05) is 24.3 Å². The molecule has 1 aromatic heterocycles. The maximum atomic E-state index is 12.9. The lowest BCUT2D eigenvalue weighted by Crippen LogP contribution is -3.00. The van der Waals surface area contributed by atoms with Crippen LogP contribution in [0.4, 0.5) is 16.2 Å². The molecule has 0 aliphatic rings. The third-order valence-electron chi connectivity index (χ3n) is 7.16. The Morgan fingerprint density at radius 2 is 1.50 bits per heavy atom. The summed E-state index contributed by atoms with van der Waals surface area (Å²) in [4.78, 5) is 26.5. The molecule has 0 radical (unpaired) electrons. The van der Waals surface area contributed by atoms with Crippen molar-refractivity contribution in [3.63, 3.8) is 0 Å². The zero-order valence-electron chi connectivity index (χ0n) is 25.6. The second-order valence-electron chi connectivity index (χ2n) is 10.9. The number of Topliss-reactive ketones (excluding diaryl/α,β-unsaturated/α-hetero) is 1. The minimum atomic E-state index is -0.378. The van der Waals surface area contributed by atoms with Crippen molar-refractivity contribution in [1.29, 1.82) is 0 Å². The molecule has 2 amide bonds. The number of nitrogens with zero attached hydrogens (tertiary/aromatic N) is 1. The summed E-state index contributed by atoms with van der Waals surface area (Å²) in [6.45, 7) is 7.12. The molecule has 2 N–H and O–H groups in total. The van der Waals surface area contributed by atoms with Crippen molar-refractivity contribution in [3.8, 4) is 5.75 Å². The number of aromatic nitrogens is 1. The minimum absolute atomic E-state index is 0. The van der Waals surface area contributed by atoms with Crippen LogP contribution in [0.15, 0.2) is 54.2 Å². The zero-order chi connectivity index (χ0) is 29.3. The number of amides is 2. The van der Waals surface area contributed by atoms with Gasteiger partial charge >= 0.3 is 6.03 Å². The first kappa shape index (κ1) is 35.5. The second-order valence-corrected chi connectivity index (χ2v) is 12.0. The van der Waals surface area contributed by atoms with Crippen LogP contribution in [0.2, 0.25) is 0 Å². The predicted molar refractivity (Wildman–Crippen MR) is 170 cm³/mol. The van der Waals surface area contributed by atoms with E-state index in [9.17, 15) is 9.59 Å². The summed E-state index contributed by atoms with van der Waals surface area (Å²) in [6.07, 6.45) is 17.4. The van der Waals surface area contributed by atoms with Gasteiger partial charge in [-0.05, 0) is 44.5 Å². The monoisotopic (exact) mass is 657 g/mol. The Balaban J connectivity index is 0.00000616. The molecule has 42 heavy (non-hydrogen) atoms. The van der Waals surface area contributed by atoms with Crippen LogP contribution in [0.5, 0.6) is 5.75 Å². The average Bonchev–Trinajstić information content (AvgIpc) is 3.36. The highest BCUT2D eigenvalue weighted by Gasteiger charge is 2.16. The first-order valence-corrected chi connectivity index (χ1v) is 16.2. The average molecular weight is 659 g/mol. The van der Waals surface area contributed by atoms with Crippen molar-refractivity contribution in [1.82, 2.24) is 0 Å². The number of halogens is 1. The molecular weight excluding hydrogens is 610 g/mol. The molecule has 0 atom stereocenters. The number of aryl methyl sites for hydroxylation is 1. The van der Waals surface area contributed by atoms with Crippen molar-refractivity contribution in [2.45, 2.75) is 104 Å². The van der Waals surface area contributed by atoms with Gasteiger partial charge in [-0.15, -0.1) is 0 Å². The van der Waals surface area contributed by atoms with E-state index in [4.69, 9.17) is 4.74 Å². The van der Waals surface area contributed by atoms with Crippen LogP contribution in [0.25, 0.3) is 0 Å². The number of hydrogen-bond acceptors (Lipinski definition) is 4. The van der Waals surface area contributed by atoms with Crippen LogP contribution in [-0.2, 0) is 6.54 Å². The van der Waals surface area contributed by atoms with Gasteiger partial charge in [-0.2, -0.15) is 4.57 Å². The molecule has 0 saturated heterocycles. The zero-order valence-corrected chi connectivity index (χ0v) is 28.0. The Labute approximate surface area is 267 Å². The van der Waals surface area contributed by atoms with Crippen molar-refractivity contribution in [3.05, 3.63) is 70.2 Å². The first-order valence-electron chi connectivity index (χ1n) is 15.3. The number of carbonyl (C=O) groups excluding carboxylic acids is 2. The highest BCUT2D eigenvalue weighted by molar-refractivity contribution is 7.09. The van der Waals surface area contributed by atoms with Crippen LogP contribution < -0.4 is 36.9 Å². The maximum Gasteiger partial charge on any atom is 0.323 e. The molecule has 3 rings (SSSR count). The van der Waals surface area contributed by atoms with E-state index in [0.29, 0.717) is 29.3 Å². The number of ketones is 1. The van der Waals surface area contributed by atoms with Gasteiger partial charge in [0.2, 0.25) is 5.51 Å². The number of unbranched alkanes of at least 4 members (excludes halogenated alkanes) is 11. The van der Waals surface area contributed by atoms with Gasteiger partial charge in [-0.3, -0.25) is 4.79 Å². The standard InChI is InChI=1S/C34H47N3O3S.BrH/c1-4-5-6-7-8-9-10-11-12-13-14-15-22-40-33-31(28(3)38)20-17-21-32(33)36-34(39)35-30-19-16-18-29(23-30)25-37-24-27(2)41-26-37;/h16-21,23-24,26H,4-15,22,25H2,1-3H3,(H-,35,36,39);1H. The SMILES string of the molecule is CCCCCCCCCCCCCCOc1c(NC(=O)Nc2cccc(C[n+]3csc(C)c3)c2)cccc1C(C)=O.[Br-]. The summed E-state index contributed by atoms with van der Waals surface area (Å²) in [5.74, 6) is 0.351. The summed E-state index contributed by atoms with van der Waals surface area (Å²) in [7, 11) is 0. The number of ether oxygens (including phenoxy) is 1. The van der Waals surface area contributed by atoms with Gasteiger partial charge < -0.3 is 32.4 Å². The molecule has 230 valence electrons. The molecule has 0 bridgehead atoms. The molecule has 0 spiro atoms. The lowest BCUT2D eigenvalue weighted by Gasteiger charge is -2.16. The molecule has 0 aliphatic heterocycles. The molecule has 0 aliphatic carbocycles. The van der Waals surface area contributed by atoms with Crippen LogP contribution in [0.1, 0.15) is 112 Å². The number of thiazole rings is 1. The normalized spacial score (nSPS) is 10.6. The third-order valence-corrected chi connectivity index (χ3v) is 8.01. The number of urea groups is 1. The van der Waals surface area contributed by atoms with E-state index in [-0.39, 0.29) is 28.8 Å². The van der Waals surface area contributed by atoms with Gasteiger partial charge in [0.05, 0.1) is 22.7 Å². The quantitative estimate of drug-likeness (QED) is 0.0900. The van der Waals surface area contributed by atoms with Crippen LogP contribution in [0.3, 0.4) is 0 Å². The van der Waals surface area contributed by atoms with Crippen molar-refractivity contribution in [2.75, 3.05) is 17.2 Å². The molecule has 0 fully saturated rings. The molecule has 2 aromatic carbocycles. The van der Waals surface area contributed by atoms with Gasteiger partial charge in [0, 0.05) is 11.3 Å². The molecular formula is C34H48BrN3O3S. The third kappa shape index (κ3) is 13.1. The van der Waals surface area contributed by atoms with Crippen LogP contribution >= 0.6 is 11.3 Å². The predicted octanol–water partition coefficient (Wildman–Crippen LogP) is 6.32. The lowest BCUT2D eigenvalue weighted by molar-refractivity contribution is -0.683. The fourth-order valence-electron chi connectivity index (χ4n) is 4.96. The number of anilines is 2. The van der Waals surface area contributed by atoms with E-state index in [1.165, 1.54) is 76.0 Å². The van der Waals surface area contributed by atoms with Gasteiger partial charge in [0.15, 0.2) is 24.3 Å². The highest BCUT2D eigenvalue weighted by Crippen LogP contribution is 2.30. The number of nitrogens with one attached hydrogen (secondary N) is 2. The van der Waals surface area contributed by atoms with E-state index < -0.39 is 0 Å². The Morgan fingerprint density at radius 3 is 2.12 bits per heavy atom. The highest BCUT2D eigenvalue weighted by atomic mass is 79.9. The van der Waals surface area contributed by atoms with Crippen molar-refractivity contribution < 1.29 is 35.9 Å². The Hall–Kier alpha value is -2.71. The van der Waals surface area contributed by atoms with E-state index in [0.717, 1.165) is 24.9 Å². The van der Waals surface area contributed by atoms with Crippen molar-refractivity contribution in [2.24, 2.45) is 0 Å². The number of benzene rings is 2. The topological polar surface area (TPSA) is 71.3 Å². The summed E-state index contributed by atoms with van der Waals surface area (Å²) < 4.78 is 8.23. The Morgan fingerprint density at radius 1 is 0.857 bits per heavy atom. The summed E-state index contributed by atoms with van der Waals surface area (Å²) in [5.41, 5.74) is 4.86. The molecule has 1 heterocycles. The Kier molecular flexibility index (Phi) is 17.1. The summed E-state index contributed by atoms with van der Waals surface area (Å²) in [6, 6.07) is 12.7. The van der Waals surface area contributed by atoms with Crippen LogP contribution in [-0.4, -0.2) is 18.4 Å². The molecule has 0 saturated carbocycles. The smallest absolute Gasteiger partial charge is 0.323 e. The lowest BCUT2D eigenvalue weighted by atomic mass is 10.1. The van der Waals surface area contributed by atoms with Crippen LogP contribution in [0, 0.1) is 6.92 Å². The molecule has 3 aromatic rings. The maximum absolute atomic E-state index is 12.9. The first-order chi connectivity index (χ1) is 20.0. The number of carbonyl (C=O) groups is 2. The van der Waals surface area contributed by atoms with E-state index in [1.54, 1.807) is 29.5 Å². The number of rotatable bonds is 19. The van der Waals surface area contributed by atoms with E-state index in [2.05, 4.69) is 40.8 Å². The molecule has 6 nitrogen and oxygen atoms in total. The largest absolute Gasteiger partial charge is 1.00 e. The van der Waals surface area contributed by atoms with Gasteiger partial charge in [0.25, 0.3) is 0 Å². The molecule has 0 unspecified atom stereocenters. The second kappa shape index (κ2) is 20.2. The van der Waals surface area contributed by atoms with Gasteiger partial charge in [0.1, 0.15) is 0 Å². The number of para-hydroxylation sites is 1. The summed E-state index contributed by atoms with van der Waals surface area (Å²) in [5, 5.41) is 5.81. The van der Waals surface area contributed by atoms with Gasteiger partial charge in [-0.25, -0.2) is 4.79 Å². The van der Waals surface area contributed by atoms with E-state index >= 15 is 0 Å². The minimum Gasteiger partial charge on any atom is -1.00 e. The fraction of sp³-hybridized carbons (Fsp3) is 0.500.